The minimum atomic E-state index is -2.38. The number of likely N-dealkylation sites (tertiary alicyclic amines) is 1. The van der Waals surface area contributed by atoms with Crippen molar-refractivity contribution in [2.75, 3.05) is 50.0 Å². The Hall–Kier alpha value is -2.66. The van der Waals surface area contributed by atoms with Crippen molar-refractivity contribution in [2.45, 2.75) is 57.4 Å². The lowest BCUT2D eigenvalue weighted by atomic mass is 10.1. The number of hydrogen-bond donors (Lipinski definition) is 3. The van der Waals surface area contributed by atoms with Gasteiger partial charge in [0.25, 0.3) is 12.3 Å². The predicted octanol–water partition coefficient (Wildman–Crippen LogP) is 4.23. The maximum Gasteiger partial charge on any atom is 0.280 e. The maximum absolute atomic E-state index is 12.8. The number of carbonyl (C=O) groups is 1. The van der Waals surface area contributed by atoms with Gasteiger partial charge in [-0.05, 0) is 44.4 Å². The van der Waals surface area contributed by atoms with Gasteiger partial charge in [-0.3, -0.25) is 15.1 Å². The van der Waals surface area contributed by atoms with Crippen LogP contribution in [0.25, 0.3) is 0 Å². The number of thiazole rings is 1. The van der Waals surface area contributed by atoms with Gasteiger partial charge >= 0.3 is 0 Å². The van der Waals surface area contributed by atoms with Gasteiger partial charge in [0.05, 0.1) is 17.1 Å². The molecule has 4 rings (SSSR count). The normalized spacial score (nSPS) is 19.6. The van der Waals surface area contributed by atoms with Crippen molar-refractivity contribution < 1.29 is 13.6 Å². The highest BCUT2D eigenvalue weighted by molar-refractivity contribution is 7.15. The Morgan fingerprint density at radius 1 is 1.17 bits per heavy atom. The van der Waals surface area contributed by atoms with Crippen LogP contribution in [0.1, 0.15) is 65.2 Å². The Bertz CT molecular complexity index is 1040. The quantitative estimate of drug-likeness (QED) is 0.452. The lowest BCUT2D eigenvalue weighted by Gasteiger charge is -2.32. The second-order valence-electron chi connectivity index (χ2n) is 9.44. The van der Waals surface area contributed by atoms with E-state index in [2.05, 4.69) is 20.5 Å². The Kier molecular flexibility index (Phi) is 9.19. The highest BCUT2D eigenvalue weighted by Gasteiger charge is 2.25. The van der Waals surface area contributed by atoms with Crippen molar-refractivity contribution >= 4 is 34.6 Å². The van der Waals surface area contributed by atoms with Crippen LogP contribution in [-0.2, 0) is 0 Å². The molecule has 11 heteroatoms. The fourth-order valence-electron chi connectivity index (χ4n) is 4.90. The van der Waals surface area contributed by atoms with Crippen molar-refractivity contribution in [3.05, 3.63) is 33.8 Å². The summed E-state index contributed by atoms with van der Waals surface area (Å²) in [6.45, 7) is 2.73. The number of nitrogens with one attached hydrogen (secondary N) is 3. The van der Waals surface area contributed by atoms with E-state index in [1.807, 2.05) is 12.1 Å². The van der Waals surface area contributed by atoms with E-state index in [0.717, 1.165) is 55.9 Å². The van der Waals surface area contributed by atoms with E-state index in [-0.39, 0.29) is 29.2 Å². The average Bonchev–Trinajstić information content (AvgIpc) is 3.33. The van der Waals surface area contributed by atoms with Gasteiger partial charge in [-0.2, -0.15) is 0 Å². The van der Waals surface area contributed by atoms with Gasteiger partial charge in [-0.15, -0.1) is 11.3 Å². The first-order valence-corrected chi connectivity index (χ1v) is 13.6. The zero-order valence-corrected chi connectivity index (χ0v) is 21.5. The topological polar surface area (TPSA) is 97.2 Å². The van der Waals surface area contributed by atoms with Crippen molar-refractivity contribution in [1.82, 2.24) is 20.2 Å². The van der Waals surface area contributed by atoms with Gasteiger partial charge in [0.15, 0.2) is 5.01 Å². The Morgan fingerprint density at radius 2 is 1.92 bits per heavy atom. The van der Waals surface area contributed by atoms with E-state index in [9.17, 15) is 13.6 Å². The number of alkyl halides is 2. The third-order valence-electron chi connectivity index (χ3n) is 6.75. The molecule has 0 bridgehead atoms. The molecule has 4 heterocycles. The molecule has 1 amide bonds. The van der Waals surface area contributed by atoms with Crippen molar-refractivity contribution in [2.24, 2.45) is 0 Å². The molecule has 2 saturated heterocycles. The Morgan fingerprint density at radius 3 is 2.64 bits per heavy atom. The Balaban J connectivity index is 1.42. The lowest BCUT2D eigenvalue weighted by molar-refractivity contribution is 0.0673. The number of hydrogen-bond acceptors (Lipinski definition) is 8. The number of rotatable bonds is 8. The molecule has 2 aliphatic rings. The molecule has 8 nitrogen and oxygen atoms in total. The summed E-state index contributed by atoms with van der Waals surface area (Å²) in [6, 6.07) is 3.69. The number of anilines is 2. The summed E-state index contributed by atoms with van der Waals surface area (Å²) < 4.78 is 25.5. The molecule has 2 aromatic heterocycles. The molecule has 0 spiro atoms. The number of aromatic nitrogens is 2. The van der Waals surface area contributed by atoms with Crippen molar-refractivity contribution in [3.63, 3.8) is 0 Å². The summed E-state index contributed by atoms with van der Waals surface area (Å²) in [7, 11) is 1.80. The first kappa shape index (κ1) is 26.4. The van der Waals surface area contributed by atoms with Gasteiger partial charge in [0.1, 0.15) is 11.6 Å². The number of pyridine rings is 1. The third-order valence-corrected chi connectivity index (χ3v) is 7.76. The lowest BCUT2D eigenvalue weighted by Crippen LogP contribution is -2.48. The molecule has 2 aromatic rings. The van der Waals surface area contributed by atoms with Gasteiger partial charge < -0.3 is 15.5 Å². The van der Waals surface area contributed by atoms with Crippen molar-refractivity contribution in [3.8, 4) is 0 Å². The number of piperidine rings is 1. The first-order valence-electron chi connectivity index (χ1n) is 12.7. The predicted molar refractivity (Wildman–Crippen MR) is 140 cm³/mol. The molecule has 1 atom stereocenters. The van der Waals surface area contributed by atoms with Crippen LogP contribution in [-0.4, -0.2) is 78.7 Å². The second-order valence-corrected chi connectivity index (χ2v) is 10.5. The van der Waals surface area contributed by atoms with Crippen LogP contribution in [0.2, 0.25) is 0 Å². The first-order chi connectivity index (χ1) is 17.4. The SMILES string of the molecule is CNc1nc(N2CCCCCCC2)ccc1C(=N)c1cnc(C(=O)NC2CCCN(CC(F)F)C2)s1. The molecule has 2 fully saturated rings. The van der Waals surface area contributed by atoms with Crippen LogP contribution in [0, 0.1) is 5.41 Å². The summed E-state index contributed by atoms with van der Waals surface area (Å²) in [5, 5.41) is 15.1. The molecule has 196 valence electrons. The van der Waals surface area contributed by atoms with E-state index in [4.69, 9.17) is 10.4 Å². The van der Waals surface area contributed by atoms with Gasteiger partial charge in [0.2, 0.25) is 0 Å². The van der Waals surface area contributed by atoms with E-state index in [0.29, 0.717) is 29.3 Å². The van der Waals surface area contributed by atoms with Gasteiger partial charge in [-0.25, -0.2) is 18.7 Å². The highest BCUT2D eigenvalue weighted by Crippen LogP contribution is 2.26. The summed E-state index contributed by atoms with van der Waals surface area (Å²) in [4.78, 5) is 26.4. The van der Waals surface area contributed by atoms with Crippen LogP contribution in [0.4, 0.5) is 20.4 Å². The van der Waals surface area contributed by atoms with Gasteiger partial charge in [-0.1, -0.05) is 19.3 Å². The molecule has 0 radical (unpaired) electrons. The summed E-state index contributed by atoms with van der Waals surface area (Å²) in [5.74, 6) is 1.21. The van der Waals surface area contributed by atoms with Crippen LogP contribution in [0.3, 0.4) is 0 Å². The van der Waals surface area contributed by atoms with Crippen LogP contribution >= 0.6 is 11.3 Å². The van der Waals surface area contributed by atoms with E-state index in [1.54, 1.807) is 11.9 Å². The molecule has 2 aliphatic heterocycles. The maximum atomic E-state index is 12.8. The minimum Gasteiger partial charge on any atom is -0.373 e. The molecule has 0 aromatic carbocycles. The largest absolute Gasteiger partial charge is 0.373 e. The third kappa shape index (κ3) is 6.76. The smallest absolute Gasteiger partial charge is 0.280 e. The highest BCUT2D eigenvalue weighted by atomic mass is 32.1. The molecule has 36 heavy (non-hydrogen) atoms. The minimum absolute atomic E-state index is 0.187. The summed E-state index contributed by atoms with van der Waals surface area (Å²) in [5.41, 5.74) is 0.905. The molecule has 0 aliphatic carbocycles. The fraction of sp³-hybridized carbons (Fsp3) is 0.600. The van der Waals surface area contributed by atoms with Crippen molar-refractivity contribution in [1.29, 1.82) is 5.41 Å². The monoisotopic (exact) mass is 519 g/mol. The second kappa shape index (κ2) is 12.5. The fourth-order valence-corrected chi connectivity index (χ4v) is 5.69. The summed E-state index contributed by atoms with van der Waals surface area (Å²) >= 11 is 1.15. The average molecular weight is 520 g/mol. The number of carbonyl (C=O) groups excluding carboxylic acids is 1. The molecule has 0 saturated carbocycles. The van der Waals surface area contributed by atoms with E-state index >= 15 is 0 Å². The standard InChI is InChI=1S/C25H35F2N7OS/c1-29-23-18(9-10-21(32-23)34-12-5-3-2-4-6-13-34)22(28)19-14-30-25(36-19)24(35)31-17-8-7-11-33(15-17)16-20(26)27/h9-10,14,17,20,28H,2-8,11-13,15-16H2,1H3,(H,29,32)(H,31,35). The number of amides is 1. The van der Waals surface area contributed by atoms with Gasteiger partial charge in [0, 0.05) is 44.5 Å². The van der Waals surface area contributed by atoms with E-state index in [1.165, 1.54) is 25.5 Å². The zero-order valence-electron chi connectivity index (χ0n) is 20.7. The van der Waals surface area contributed by atoms with Crippen LogP contribution in [0.5, 0.6) is 0 Å². The summed E-state index contributed by atoms with van der Waals surface area (Å²) in [6.07, 6.45) is 6.77. The Labute approximate surface area is 215 Å². The van der Waals surface area contributed by atoms with Crippen LogP contribution in [0.15, 0.2) is 18.3 Å². The zero-order chi connectivity index (χ0) is 25.5. The van der Waals surface area contributed by atoms with E-state index < -0.39 is 6.43 Å². The molecule has 1 unspecified atom stereocenters. The number of halogens is 2. The number of nitrogens with zero attached hydrogens (tertiary/aromatic N) is 4. The molecule has 3 N–H and O–H groups in total. The molecular formula is C25H35F2N7OS. The van der Waals surface area contributed by atoms with Crippen LogP contribution < -0.4 is 15.5 Å². The molecular weight excluding hydrogens is 484 g/mol.